The standard InChI is InChI=1S/C21H25.C13H10.C10H15.2ClH.Zr/c1-20(2,3)16-9-7-14-11-15-8-10-17(21(4,5)6)13-19(15)18(14)12-16;1-3-7-12(8-4-1)11-13-9-5-2-6-10-13;1-7(2)10-6-8(3)5-9(10)4;;;/h7,9-10,12-13H,11H2,1-6H3;1-10H;6-8H,1-4H3;2*1H;/q-1;;-1;;;+2/p-2. The van der Waals surface area contributed by atoms with E-state index in [1.807, 2.05) is 0 Å². The van der Waals surface area contributed by atoms with Gasteiger partial charge in [-0.05, 0) is 17.4 Å². The summed E-state index contributed by atoms with van der Waals surface area (Å²) in [7, 11) is 0. The van der Waals surface area contributed by atoms with E-state index in [9.17, 15) is 0 Å². The number of hydrogen-bond acceptors (Lipinski definition) is 0. The van der Waals surface area contributed by atoms with Crippen LogP contribution < -0.4 is 24.8 Å². The summed E-state index contributed by atoms with van der Waals surface area (Å²) in [6.45, 7) is 22.4. The molecule has 0 radical (unpaired) electrons. The van der Waals surface area contributed by atoms with Crippen LogP contribution in [0.4, 0.5) is 0 Å². The Morgan fingerprint density at radius 1 is 0.745 bits per heavy atom. The number of rotatable bonds is 3. The molecule has 47 heavy (non-hydrogen) atoms. The van der Waals surface area contributed by atoms with Crippen LogP contribution in [0.1, 0.15) is 103 Å². The monoisotopic (exact) mass is 738 g/mol. The summed E-state index contributed by atoms with van der Waals surface area (Å²) < 4.78 is 1.42. The summed E-state index contributed by atoms with van der Waals surface area (Å²) >= 11 is 1.46. The molecule has 0 aromatic heterocycles. The molecule has 2 aliphatic carbocycles. The van der Waals surface area contributed by atoms with Crippen molar-refractivity contribution in [1.29, 1.82) is 0 Å². The second-order valence-corrected chi connectivity index (χ2v) is 16.0. The second kappa shape index (κ2) is 17.4. The summed E-state index contributed by atoms with van der Waals surface area (Å²) in [5.41, 5.74) is 14.3. The topological polar surface area (TPSA) is 0 Å². The van der Waals surface area contributed by atoms with E-state index in [2.05, 4.69) is 178 Å². The minimum atomic E-state index is 0. The zero-order valence-electron chi connectivity index (χ0n) is 29.9. The molecule has 0 nitrogen and oxygen atoms in total. The molecule has 4 aromatic carbocycles. The maximum atomic E-state index is 3.53. The third-order valence-corrected chi connectivity index (χ3v) is 10.00. The molecule has 246 valence electrons. The molecule has 3 heteroatoms. The molecule has 0 heterocycles. The number of benzene rings is 4. The molecule has 0 fully saturated rings. The zero-order valence-corrected chi connectivity index (χ0v) is 33.8. The van der Waals surface area contributed by atoms with Crippen LogP contribution >= 0.6 is 0 Å². The van der Waals surface area contributed by atoms with Crippen molar-refractivity contribution in [3.63, 3.8) is 0 Å². The van der Waals surface area contributed by atoms with Crippen molar-refractivity contribution in [3.05, 3.63) is 154 Å². The summed E-state index contributed by atoms with van der Waals surface area (Å²) in [6.07, 6.45) is 6.71. The predicted octanol–water partition coefficient (Wildman–Crippen LogP) is 5.43. The first-order valence-electron chi connectivity index (χ1n) is 16.4. The van der Waals surface area contributed by atoms with Gasteiger partial charge in [-0.2, -0.15) is 41.0 Å². The van der Waals surface area contributed by atoms with Crippen molar-refractivity contribution < 1.29 is 49.0 Å². The van der Waals surface area contributed by atoms with Crippen LogP contribution in [0.3, 0.4) is 0 Å². The number of halogens is 2. The van der Waals surface area contributed by atoms with E-state index in [0.29, 0.717) is 11.8 Å². The summed E-state index contributed by atoms with van der Waals surface area (Å²) in [5, 5.41) is 0. The van der Waals surface area contributed by atoms with Crippen molar-refractivity contribution >= 4 is 3.21 Å². The van der Waals surface area contributed by atoms with Crippen molar-refractivity contribution in [3.8, 4) is 11.1 Å². The Labute approximate surface area is 313 Å². The molecule has 6 rings (SSSR count). The Kier molecular flexibility index (Phi) is 15.1. The fourth-order valence-electron chi connectivity index (χ4n) is 5.85. The molecular formula is C44H50Cl2Zr-2. The van der Waals surface area contributed by atoms with E-state index in [4.69, 9.17) is 0 Å². The van der Waals surface area contributed by atoms with Crippen LogP contribution in [0.2, 0.25) is 0 Å². The average molecular weight is 741 g/mol. The molecule has 0 spiro atoms. The van der Waals surface area contributed by atoms with Gasteiger partial charge in [0.2, 0.25) is 0 Å². The van der Waals surface area contributed by atoms with E-state index >= 15 is 0 Å². The van der Waals surface area contributed by atoms with Crippen LogP contribution in [0.15, 0.2) is 108 Å². The van der Waals surface area contributed by atoms with Gasteiger partial charge in [0.15, 0.2) is 0 Å². The van der Waals surface area contributed by atoms with Crippen molar-refractivity contribution in [2.45, 2.75) is 86.5 Å². The number of allylic oxidation sites excluding steroid dienone is 4. The van der Waals surface area contributed by atoms with Gasteiger partial charge in [-0.15, -0.1) is 5.56 Å². The summed E-state index contributed by atoms with van der Waals surface area (Å²) in [4.78, 5) is 0. The average Bonchev–Trinajstić information content (AvgIpc) is 3.55. The number of fused-ring (bicyclic) bond motifs is 3. The Morgan fingerprint density at radius 2 is 1.26 bits per heavy atom. The fraction of sp³-hybridized carbons (Fsp3) is 0.341. The van der Waals surface area contributed by atoms with E-state index < -0.39 is 0 Å². The maximum absolute atomic E-state index is 3.53. The van der Waals surface area contributed by atoms with Crippen LogP contribution in [0.5, 0.6) is 0 Å². The molecular weight excluding hydrogens is 691 g/mol. The molecule has 0 amide bonds. The van der Waals surface area contributed by atoms with Gasteiger partial charge in [0.1, 0.15) is 0 Å². The molecule has 4 aromatic rings. The molecule has 0 saturated heterocycles. The molecule has 0 aliphatic heterocycles. The van der Waals surface area contributed by atoms with E-state index in [1.54, 1.807) is 0 Å². The minimum absolute atomic E-state index is 0. The first-order valence-corrected chi connectivity index (χ1v) is 17.6. The van der Waals surface area contributed by atoms with Crippen LogP contribution in [-0.2, 0) is 41.5 Å². The van der Waals surface area contributed by atoms with Gasteiger partial charge in [-0.1, -0.05) is 116 Å². The molecule has 1 atom stereocenters. The van der Waals surface area contributed by atoms with E-state index in [-0.39, 0.29) is 35.6 Å². The summed E-state index contributed by atoms with van der Waals surface area (Å²) in [5.74, 6) is 1.20. The van der Waals surface area contributed by atoms with E-state index in [1.165, 1.54) is 83.1 Å². The van der Waals surface area contributed by atoms with Gasteiger partial charge in [0.05, 0.1) is 0 Å². The van der Waals surface area contributed by atoms with Gasteiger partial charge in [0.25, 0.3) is 0 Å². The van der Waals surface area contributed by atoms with Gasteiger partial charge >= 0.3 is 99.2 Å². The van der Waals surface area contributed by atoms with Crippen LogP contribution in [0.25, 0.3) is 11.1 Å². The van der Waals surface area contributed by atoms with Crippen molar-refractivity contribution in [1.82, 2.24) is 0 Å². The fourth-order valence-corrected chi connectivity index (χ4v) is 6.67. The molecule has 0 N–H and O–H groups in total. The van der Waals surface area contributed by atoms with Gasteiger partial charge < -0.3 is 24.8 Å². The first kappa shape index (κ1) is 40.9. The molecule has 1 unspecified atom stereocenters. The van der Waals surface area contributed by atoms with Crippen LogP contribution in [-0.4, -0.2) is 3.21 Å². The Balaban J connectivity index is 0.000000258. The zero-order chi connectivity index (χ0) is 32.9. The van der Waals surface area contributed by atoms with Crippen molar-refractivity contribution in [2.24, 2.45) is 11.8 Å². The third kappa shape index (κ3) is 10.8. The van der Waals surface area contributed by atoms with Crippen molar-refractivity contribution in [2.75, 3.05) is 0 Å². The molecule has 0 saturated carbocycles. The van der Waals surface area contributed by atoms with Gasteiger partial charge in [-0.25, -0.2) is 5.57 Å². The predicted molar refractivity (Wildman–Crippen MR) is 192 cm³/mol. The Morgan fingerprint density at radius 3 is 1.68 bits per heavy atom. The van der Waals surface area contributed by atoms with Gasteiger partial charge in [0, 0.05) is 0 Å². The number of hydrogen-bond donors (Lipinski definition) is 0. The normalized spacial score (nSPS) is 14.5. The van der Waals surface area contributed by atoms with Gasteiger partial charge in [-0.3, -0.25) is 6.08 Å². The molecule has 0 bridgehead atoms. The van der Waals surface area contributed by atoms with Crippen LogP contribution in [0, 0.1) is 24.0 Å². The SMILES string of the molecule is CC(C)(C)c1c[c-]c2c(c1)-c1cc(C(C)(C)C)ccc1C2.CC1=[C-]C(C)C=C1C(C)C.[Cl-].[Cl-].[Zr+2]=[C](c1ccccc1)c1ccccc1. The second-order valence-electron chi connectivity index (χ2n) is 14.8. The quantitative estimate of drug-likeness (QED) is 0.217. The molecule has 2 aliphatic rings. The van der Waals surface area contributed by atoms with E-state index in [0.717, 1.165) is 6.42 Å². The first-order chi connectivity index (χ1) is 21.1. The summed E-state index contributed by atoms with van der Waals surface area (Å²) in [6, 6.07) is 36.2. The third-order valence-electron chi connectivity index (χ3n) is 8.58. The Hall–Kier alpha value is -2.31. The Bertz CT molecular complexity index is 1580.